The minimum Gasteiger partial charge on any atom is -0.475 e. The van der Waals surface area contributed by atoms with E-state index in [4.69, 9.17) is 5.11 Å². The maximum atomic E-state index is 11.6. The SMILES string of the molecule is CC1(C)CC1NC(=O)c1cc(C(=O)O)on1. The molecule has 1 heterocycles. The molecule has 1 amide bonds. The maximum absolute atomic E-state index is 11.6. The Bertz CT molecular complexity index is 449. The molecule has 16 heavy (non-hydrogen) atoms. The molecule has 1 aromatic rings. The molecule has 0 spiro atoms. The first-order valence-corrected chi connectivity index (χ1v) is 4.91. The number of nitrogens with one attached hydrogen (secondary N) is 1. The van der Waals surface area contributed by atoms with Gasteiger partial charge in [0.2, 0.25) is 5.76 Å². The fourth-order valence-corrected chi connectivity index (χ4v) is 1.43. The number of hydrogen-bond acceptors (Lipinski definition) is 4. The van der Waals surface area contributed by atoms with E-state index in [-0.39, 0.29) is 22.9 Å². The molecule has 6 heteroatoms. The standard InChI is InChI=1S/C10H12N2O4/c1-10(2)4-7(10)11-8(13)5-3-6(9(14)15)16-12-5/h3,7H,4H2,1-2H3,(H,11,13)(H,14,15). The van der Waals surface area contributed by atoms with Gasteiger partial charge in [0.15, 0.2) is 5.69 Å². The topological polar surface area (TPSA) is 92.4 Å². The van der Waals surface area contributed by atoms with Crippen molar-refractivity contribution in [2.75, 3.05) is 0 Å². The molecule has 1 aliphatic rings. The van der Waals surface area contributed by atoms with Crippen LogP contribution in [0.15, 0.2) is 10.6 Å². The molecule has 6 nitrogen and oxygen atoms in total. The molecule has 0 bridgehead atoms. The first-order valence-electron chi connectivity index (χ1n) is 4.91. The number of aromatic carboxylic acids is 1. The zero-order valence-electron chi connectivity index (χ0n) is 8.98. The molecule has 1 aromatic heterocycles. The summed E-state index contributed by atoms with van der Waals surface area (Å²) in [7, 11) is 0. The van der Waals surface area contributed by atoms with Crippen molar-refractivity contribution in [3.63, 3.8) is 0 Å². The van der Waals surface area contributed by atoms with Gasteiger partial charge in [0.05, 0.1) is 0 Å². The summed E-state index contributed by atoms with van der Waals surface area (Å²) in [6.45, 7) is 4.09. The Hall–Kier alpha value is -1.85. The van der Waals surface area contributed by atoms with Crippen LogP contribution in [0.25, 0.3) is 0 Å². The lowest BCUT2D eigenvalue weighted by Gasteiger charge is -2.03. The summed E-state index contributed by atoms with van der Waals surface area (Å²) in [6.07, 6.45) is 0.919. The fourth-order valence-electron chi connectivity index (χ4n) is 1.43. The normalized spacial score (nSPS) is 21.5. The van der Waals surface area contributed by atoms with E-state index in [0.717, 1.165) is 12.5 Å². The van der Waals surface area contributed by atoms with Crippen LogP contribution in [0.1, 0.15) is 41.3 Å². The second-order valence-corrected chi connectivity index (χ2v) is 4.60. The monoisotopic (exact) mass is 224 g/mol. The van der Waals surface area contributed by atoms with Crippen LogP contribution in [-0.2, 0) is 0 Å². The number of rotatable bonds is 3. The van der Waals surface area contributed by atoms with Gasteiger partial charge in [-0.05, 0) is 11.8 Å². The molecule has 86 valence electrons. The minimum absolute atomic E-state index is 0.0000926. The molecule has 2 rings (SSSR count). The Labute approximate surface area is 91.6 Å². The second kappa shape index (κ2) is 3.33. The second-order valence-electron chi connectivity index (χ2n) is 4.60. The first kappa shape index (κ1) is 10.7. The van der Waals surface area contributed by atoms with Gasteiger partial charge in [0.25, 0.3) is 5.91 Å². The third kappa shape index (κ3) is 1.91. The molecular weight excluding hydrogens is 212 g/mol. The summed E-state index contributed by atoms with van der Waals surface area (Å²) >= 11 is 0. The highest BCUT2D eigenvalue weighted by atomic mass is 16.5. The average Bonchev–Trinajstić information content (AvgIpc) is 2.68. The average molecular weight is 224 g/mol. The lowest BCUT2D eigenvalue weighted by atomic mass is 10.2. The lowest BCUT2D eigenvalue weighted by Crippen LogP contribution is -2.28. The van der Waals surface area contributed by atoms with Crippen LogP contribution >= 0.6 is 0 Å². The van der Waals surface area contributed by atoms with Crippen LogP contribution < -0.4 is 5.32 Å². The summed E-state index contributed by atoms with van der Waals surface area (Å²) in [5, 5.41) is 14.7. The van der Waals surface area contributed by atoms with Crippen LogP contribution in [0.5, 0.6) is 0 Å². The number of carbonyl (C=O) groups is 2. The summed E-state index contributed by atoms with van der Waals surface area (Å²) < 4.78 is 4.49. The van der Waals surface area contributed by atoms with E-state index in [1.165, 1.54) is 0 Å². The van der Waals surface area contributed by atoms with Crippen LogP contribution in [0.2, 0.25) is 0 Å². The zero-order valence-corrected chi connectivity index (χ0v) is 8.98. The van der Waals surface area contributed by atoms with Gasteiger partial charge in [0, 0.05) is 12.1 Å². The molecule has 1 fully saturated rings. The van der Waals surface area contributed by atoms with Crippen LogP contribution in [0.3, 0.4) is 0 Å². The van der Waals surface area contributed by atoms with Crippen molar-refractivity contribution < 1.29 is 19.2 Å². The Morgan fingerprint density at radius 3 is 2.69 bits per heavy atom. The summed E-state index contributed by atoms with van der Waals surface area (Å²) in [4.78, 5) is 22.1. The molecule has 1 aliphatic carbocycles. The summed E-state index contributed by atoms with van der Waals surface area (Å²) in [5.41, 5.74) is 0.120. The number of hydrogen-bond donors (Lipinski definition) is 2. The van der Waals surface area contributed by atoms with Crippen molar-refractivity contribution in [3.05, 3.63) is 17.5 Å². The fraction of sp³-hybridized carbons (Fsp3) is 0.500. The van der Waals surface area contributed by atoms with Crippen molar-refractivity contribution in [1.29, 1.82) is 0 Å². The van der Waals surface area contributed by atoms with E-state index in [0.29, 0.717) is 0 Å². The van der Waals surface area contributed by atoms with E-state index in [1.54, 1.807) is 0 Å². The Balaban J connectivity index is 2.01. The molecule has 0 radical (unpaired) electrons. The highest BCUT2D eigenvalue weighted by Crippen LogP contribution is 2.44. The molecule has 0 aliphatic heterocycles. The third-order valence-corrected chi connectivity index (χ3v) is 2.77. The number of aromatic nitrogens is 1. The van der Waals surface area contributed by atoms with Gasteiger partial charge in [0.1, 0.15) is 0 Å². The summed E-state index contributed by atoms with van der Waals surface area (Å²) in [5.74, 6) is -1.97. The molecule has 0 aromatic carbocycles. The van der Waals surface area contributed by atoms with Crippen LogP contribution in [0.4, 0.5) is 0 Å². The molecule has 1 saturated carbocycles. The van der Waals surface area contributed by atoms with E-state index < -0.39 is 11.9 Å². The Morgan fingerprint density at radius 2 is 2.25 bits per heavy atom. The first-order chi connectivity index (χ1) is 7.40. The minimum atomic E-state index is -1.24. The number of carboxylic acid groups (broad SMARTS) is 1. The van der Waals surface area contributed by atoms with Gasteiger partial charge >= 0.3 is 5.97 Å². The quantitative estimate of drug-likeness (QED) is 0.795. The molecule has 1 atom stereocenters. The smallest absolute Gasteiger partial charge is 0.374 e. The number of carboxylic acids is 1. The molecule has 2 N–H and O–H groups in total. The van der Waals surface area contributed by atoms with Crippen molar-refractivity contribution in [2.24, 2.45) is 5.41 Å². The predicted octanol–water partition coefficient (Wildman–Crippen LogP) is 0.901. The highest BCUT2D eigenvalue weighted by molar-refractivity contribution is 5.95. The predicted molar refractivity (Wildman–Crippen MR) is 53.1 cm³/mol. The van der Waals surface area contributed by atoms with Crippen molar-refractivity contribution >= 4 is 11.9 Å². The van der Waals surface area contributed by atoms with Gasteiger partial charge < -0.3 is 14.9 Å². The number of amides is 1. The number of carbonyl (C=O) groups excluding carboxylic acids is 1. The van der Waals surface area contributed by atoms with Gasteiger partial charge in [-0.15, -0.1) is 0 Å². The van der Waals surface area contributed by atoms with Crippen LogP contribution in [0, 0.1) is 5.41 Å². The Morgan fingerprint density at radius 1 is 1.62 bits per heavy atom. The van der Waals surface area contributed by atoms with Gasteiger partial charge in [-0.25, -0.2) is 4.79 Å². The highest BCUT2D eigenvalue weighted by Gasteiger charge is 2.46. The van der Waals surface area contributed by atoms with E-state index >= 15 is 0 Å². The van der Waals surface area contributed by atoms with E-state index in [1.807, 2.05) is 13.8 Å². The van der Waals surface area contributed by atoms with Crippen molar-refractivity contribution in [3.8, 4) is 0 Å². The Kier molecular flexibility index (Phi) is 2.22. The molecule has 1 unspecified atom stereocenters. The van der Waals surface area contributed by atoms with E-state index in [2.05, 4.69) is 15.0 Å². The number of nitrogens with zero attached hydrogens (tertiary/aromatic N) is 1. The van der Waals surface area contributed by atoms with Crippen molar-refractivity contribution in [1.82, 2.24) is 10.5 Å². The van der Waals surface area contributed by atoms with Gasteiger partial charge in [-0.2, -0.15) is 0 Å². The van der Waals surface area contributed by atoms with Gasteiger partial charge in [-0.1, -0.05) is 19.0 Å². The largest absolute Gasteiger partial charge is 0.475 e. The van der Waals surface area contributed by atoms with E-state index in [9.17, 15) is 9.59 Å². The van der Waals surface area contributed by atoms with Gasteiger partial charge in [-0.3, -0.25) is 4.79 Å². The van der Waals surface area contributed by atoms with Crippen molar-refractivity contribution in [2.45, 2.75) is 26.3 Å². The maximum Gasteiger partial charge on any atom is 0.374 e. The summed E-state index contributed by atoms with van der Waals surface area (Å²) in [6, 6.07) is 1.25. The van der Waals surface area contributed by atoms with Crippen LogP contribution in [-0.4, -0.2) is 28.2 Å². The zero-order chi connectivity index (χ0) is 11.9. The third-order valence-electron chi connectivity index (χ3n) is 2.77. The molecule has 0 saturated heterocycles. The molecular formula is C10H12N2O4. The lowest BCUT2D eigenvalue weighted by molar-refractivity contribution is 0.0651.